The van der Waals surface area contributed by atoms with Crippen LogP contribution in [-0.2, 0) is 28.6 Å². The number of allylic oxidation sites excluding steroid dienone is 14. The van der Waals surface area contributed by atoms with Gasteiger partial charge in [-0.25, -0.2) is 0 Å². The SMILES string of the molecule is CCCCC/C=C\C/C=C\C/C=C\C/C=C\CCCC(=O)O[C@@H](COC(=O)CCCCCCCC/C=C\C/C=C\C/C=C\CCCCC)COC(=O)CCCCCCCCCCCCCCCCCC. The predicted octanol–water partition coefficient (Wildman–Crippen LogP) is 19.9. The monoisotopic (exact) mass is 975 g/mol. The van der Waals surface area contributed by atoms with Crippen molar-refractivity contribution in [2.24, 2.45) is 0 Å². The lowest BCUT2D eigenvalue weighted by atomic mass is 10.0. The molecule has 0 radical (unpaired) electrons. The molecule has 0 aromatic rings. The molecule has 0 aliphatic rings. The van der Waals surface area contributed by atoms with Crippen LogP contribution in [0.1, 0.15) is 284 Å². The van der Waals surface area contributed by atoms with E-state index in [1.54, 1.807) is 0 Å². The number of ether oxygens (including phenoxy) is 3. The van der Waals surface area contributed by atoms with Gasteiger partial charge < -0.3 is 14.2 Å². The highest BCUT2D eigenvalue weighted by molar-refractivity contribution is 5.71. The molecule has 0 aromatic carbocycles. The van der Waals surface area contributed by atoms with Gasteiger partial charge in [-0.1, -0.05) is 254 Å². The maximum absolute atomic E-state index is 12.8. The lowest BCUT2D eigenvalue weighted by Crippen LogP contribution is -2.30. The van der Waals surface area contributed by atoms with Crippen LogP contribution in [0.3, 0.4) is 0 Å². The number of unbranched alkanes of at least 4 members (excludes halogenated alkanes) is 28. The normalized spacial score (nSPS) is 12.7. The number of esters is 3. The second-order valence-corrected chi connectivity index (χ2v) is 19.6. The summed E-state index contributed by atoms with van der Waals surface area (Å²) in [4.78, 5) is 38.2. The fraction of sp³-hybridized carbons (Fsp3) is 0.734. The van der Waals surface area contributed by atoms with Crippen LogP contribution in [0.5, 0.6) is 0 Å². The molecule has 0 spiro atoms. The minimum absolute atomic E-state index is 0.101. The molecule has 0 rings (SSSR count). The molecular weight excluding hydrogens is 865 g/mol. The van der Waals surface area contributed by atoms with Crippen molar-refractivity contribution >= 4 is 17.9 Å². The van der Waals surface area contributed by atoms with Gasteiger partial charge in [0, 0.05) is 19.3 Å². The smallest absolute Gasteiger partial charge is 0.306 e. The third kappa shape index (κ3) is 55.5. The number of rotatable bonds is 53. The first-order valence-corrected chi connectivity index (χ1v) is 29.6. The molecule has 6 nitrogen and oxygen atoms in total. The topological polar surface area (TPSA) is 78.9 Å². The van der Waals surface area contributed by atoms with Gasteiger partial charge in [0.05, 0.1) is 0 Å². The molecule has 70 heavy (non-hydrogen) atoms. The number of hydrogen-bond acceptors (Lipinski definition) is 6. The van der Waals surface area contributed by atoms with E-state index in [0.717, 1.165) is 83.5 Å². The van der Waals surface area contributed by atoms with Crippen molar-refractivity contribution in [2.75, 3.05) is 13.2 Å². The first-order chi connectivity index (χ1) is 34.5. The molecule has 0 saturated carbocycles. The van der Waals surface area contributed by atoms with Crippen LogP contribution < -0.4 is 0 Å². The summed E-state index contributed by atoms with van der Waals surface area (Å²) >= 11 is 0. The van der Waals surface area contributed by atoms with Gasteiger partial charge in [0.25, 0.3) is 0 Å². The molecule has 0 amide bonds. The zero-order valence-corrected chi connectivity index (χ0v) is 46.0. The van der Waals surface area contributed by atoms with E-state index in [0.29, 0.717) is 19.3 Å². The third-order valence-electron chi connectivity index (χ3n) is 12.6. The Morgan fingerprint density at radius 3 is 0.871 bits per heavy atom. The highest BCUT2D eigenvalue weighted by Crippen LogP contribution is 2.15. The lowest BCUT2D eigenvalue weighted by Gasteiger charge is -2.18. The van der Waals surface area contributed by atoms with Gasteiger partial charge in [0.2, 0.25) is 0 Å². The van der Waals surface area contributed by atoms with Crippen LogP contribution in [0.4, 0.5) is 0 Å². The van der Waals surface area contributed by atoms with Crippen molar-refractivity contribution in [2.45, 2.75) is 290 Å². The largest absolute Gasteiger partial charge is 0.462 e. The van der Waals surface area contributed by atoms with Gasteiger partial charge in [-0.3, -0.25) is 14.4 Å². The average molecular weight is 976 g/mol. The zero-order valence-electron chi connectivity index (χ0n) is 46.0. The number of hydrogen-bond donors (Lipinski definition) is 0. The number of carbonyl (C=O) groups excluding carboxylic acids is 3. The quantitative estimate of drug-likeness (QED) is 0.0261. The Kier molecular flexibility index (Phi) is 55.3. The Bertz CT molecular complexity index is 1350. The average Bonchev–Trinajstić information content (AvgIpc) is 3.36. The zero-order chi connectivity index (χ0) is 50.7. The van der Waals surface area contributed by atoms with E-state index < -0.39 is 6.10 Å². The molecule has 1 atom stereocenters. The van der Waals surface area contributed by atoms with Crippen LogP contribution in [0.15, 0.2) is 85.1 Å². The highest BCUT2D eigenvalue weighted by Gasteiger charge is 2.19. The Labute approximate surface area is 433 Å². The van der Waals surface area contributed by atoms with Gasteiger partial charge in [0.1, 0.15) is 13.2 Å². The van der Waals surface area contributed by atoms with Crippen molar-refractivity contribution in [1.82, 2.24) is 0 Å². The van der Waals surface area contributed by atoms with Crippen molar-refractivity contribution in [3.8, 4) is 0 Å². The molecule has 0 bridgehead atoms. The highest BCUT2D eigenvalue weighted by atomic mass is 16.6. The summed E-state index contributed by atoms with van der Waals surface area (Å²) in [7, 11) is 0. The molecular formula is C64H110O6. The van der Waals surface area contributed by atoms with E-state index in [4.69, 9.17) is 14.2 Å². The summed E-state index contributed by atoms with van der Waals surface area (Å²) in [5.41, 5.74) is 0. The summed E-state index contributed by atoms with van der Waals surface area (Å²) in [5, 5.41) is 0. The fourth-order valence-electron chi connectivity index (χ4n) is 8.15. The first kappa shape index (κ1) is 66.6. The summed E-state index contributed by atoms with van der Waals surface area (Å²) in [6, 6.07) is 0. The molecule has 0 saturated heterocycles. The second-order valence-electron chi connectivity index (χ2n) is 19.6. The van der Waals surface area contributed by atoms with E-state index in [9.17, 15) is 14.4 Å². The van der Waals surface area contributed by atoms with Gasteiger partial charge in [-0.05, 0) is 96.3 Å². The lowest BCUT2D eigenvalue weighted by molar-refractivity contribution is -0.167. The van der Waals surface area contributed by atoms with E-state index in [2.05, 4.69) is 106 Å². The Hall–Kier alpha value is -3.41. The number of carbonyl (C=O) groups is 3. The van der Waals surface area contributed by atoms with Crippen molar-refractivity contribution in [3.63, 3.8) is 0 Å². The standard InChI is InChI=1S/C64H110O6/c1-4-7-10-13-16-19-22-25-28-31-32-34-36-39-42-45-48-51-54-57-63(66)69-60-61(59-68-62(65)56-53-50-47-44-41-38-35-30-27-24-21-18-15-12-9-6-3)70-64(67)58-55-52-49-46-43-40-37-33-29-26-23-20-17-14-11-8-5-2/h16-17,19-20,25-26,28-29,32,34,37,40,46,49,61H,4-15,18,21-24,27,30-31,33,35-36,38-39,41-45,47-48,50-60H2,1-3H3/b19-16-,20-17-,28-25-,29-26-,34-32-,40-37-,49-46-/t61-/m1/s1. The maximum atomic E-state index is 12.8. The van der Waals surface area contributed by atoms with Crippen LogP contribution in [-0.4, -0.2) is 37.2 Å². The third-order valence-corrected chi connectivity index (χ3v) is 12.6. The van der Waals surface area contributed by atoms with E-state index in [-0.39, 0.29) is 37.5 Å². The Balaban J connectivity index is 4.48. The summed E-state index contributed by atoms with van der Waals surface area (Å²) in [6.07, 6.45) is 75.7. The summed E-state index contributed by atoms with van der Waals surface area (Å²) < 4.78 is 16.8. The summed E-state index contributed by atoms with van der Waals surface area (Å²) in [6.45, 7) is 6.55. The van der Waals surface area contributed by atoms with Crippen LogP contribution in [0.25, 0.3) is 0 Å². The van der Waals surface area contributed by atoms with E-state index >= 15 is 0 Å². The molecule has 0 heterocycles. The first-order valence-electron chi connectivity index (χ1n) is 29.6. The molecule has 0 aromatic heterocycles. The predicted molar refractivity (Wildman–Crippen MR) is 302 cm³/mol. The second kappa shape index (κ2) is 58.2. The van der Waals surface area contributed by atoms with Crippen molar-refractivity contribution in [1.29, 1.82) is 0 Å². The van der Waals surface area contributed by atoms with Crippen molar-refractivity contribution < 1.29 is 28.6 Å². The fourth-order valence-corrected chi connectivity index (χ4v) is 8.15. The molecule has 0 aliphatic carbocycles. The maximum Gasteiger partial charge on any atom is 0.306 e. The van der Waals surface area contributed by atoms with Gasteiger partial charge in [-0.2, -0.15) is 0 Å². The van der Waals surface area contributed by atoms with E-state index in [1.165, 1.54) is 154 Å². The molecule has 402 valence electrons. The van der Waals surface area contributed by atoms with Gasteiger partial charge in [-0.15, -0.1) is 0 Å². The molecule has 6 heteroatoms. The van der Waals surface area contributed by atoms with E-state index in [1.807, 2.05) is 0 Å². The minimum atomic E-state index is -0.810. The van der Waals surface area contributed by atoms with Crippen molar-refractivity contribution in [3.05, 3.63) is 85.1 Å². The van der Waals surface area contributed by atoms with Crippen LogP contribution in [0.2, 0.25) is 0 Å². The van der Waals surface area contributed by atoms with Crippen LogP contribution in [0, 0.1) is 0 Å². The van der Waals surface area contributed by atoms with Crippen LogP contribution >= 0.6 is 0 Å². The molecule has 0 aliphatic heterocycles. The summed E-state index contributed by atoms with van der Waals surface area (Å²) in [5.74, 6) is -0.962. The Morgan fingerprint density at radius 1 is 0.286 bits per heavy atom. The molecule has 0 unspecified atom stereocenters. The minimum Gasteiger partial charge on any atom is -0.462 e. The molecule has 0 fully saturated rings. The molecule has 0 N–H and O–H groups in total. The van der Waals surface area contributed by atoms with Gasteiger partial charge in [0.15, 0.2) is 6.10 Å². The Morgan fingerprint density at radius 2 is 0.529 bits per heavy atom. The van der Waals surface area contributed by atoms with Gasteiger partial charge >= 0.3 is 17.9 Å².